The molecule has 0 saturated carbocycles. The van der Waals surface area contributed by atoms with Gasteiger partial charge in [-0.05, 0) is 6.07 Å². The zero-order chi connectivity index (χ0) is 12.3. The van der Waals surface area contributed by atoms with Crippen molar-refractivity contribution in [3.05, 3.63) is 17.8 Å². The molecule has 88 valence electrons. The van der Waals surface area contributed by atoms with Crippen LogP contribution < -0.4 is 16.2 Å². The summed E-state index contributed by atoms with van der Waals surface area (Å²) >= 11 is 0. The van der Waals surface area contributed by atoms with Crippen LogP contribution in [0.3, 0.4) is 0 Å². The van der Waals surface area contributed by atoms with Crippen LogP contribution in [0.25, 0.3) is 0 Å². The number of primary amides is 1. The van der Waals surface area contributed by atoms with Crippen LogP contribution in [0.1, 0.15) is 10.4 Å². The number of carbonyl (C=O) groups is 1. The van der Waals surface area contributed by atoms with E-state index in [1.807, 2.05) is 0 Å². The lowest BCUT2D eigenvalue weighted by Crippen LogP contribution is -2.22. The number of hydrogen-bond acceptors (Lipinski definition) is 4. The van der Waals surface area contributed by atoms with Crippen LogP contribution in [0.15, 0.2) is 12.3 Å². The molecular formula is C8H8F3N3O2. The minimum absolute atomic E-state index is 0.105. The molecule has 1 amide bonds. The summed E-state index contributed by atoms with van der Waals surface area (Å²) < 4.78 is 39.9. The molecule has 1 rings (SSSR count). The fraction of sp³-hybridized carbons (Fsp3) is 0.250. The van der Waals surface area contributed by atoms with Gasteiger partial charge >= 0.3 is 6.18 Å². The van der Waals surface area contributed by atoms with Crippen LogP contribution in [0.5, 0.6) is 5.88 Å². The summed E-state index contributed by atoms with van der Waals surface area (Å²) in [5, 5.41) is 0. The topological polar surface area (TPSA) is 91.2 Å². The first-order chi connectivity index (χ1) is 7.29. The maximum atomic E-state index is 11.9. The van der Waals surface area contributed by atoms with E-state index >= 15 is 0 Å². The smallest absolute Gasteiger partial charge is 0.422 e. The third-order valence-corrected chi connectivity index (χ3v) is 1.51. The molecule has 0 aliphatic rings. The number of pyridine rings is 1. The first-order valence-corrected chi connectivity index (χ1v) is 4.04. The second-order valence-electron chi connectivity index (χ2n) is 2.89. The average molecular weight is 235 g/mol. The first-order valence-electron chi connectivity index (χ1n) is 4.04. The molecule has 0 aliphatic carbocycles. The number of anilines is 1. The van der Waals surface area contributed by atoms with E-state index in [0.29, 0.717) is 0 Å². The Kier molecular flexibility index (Phi) is 3.21. The van der Waals surface area contributed by atoms with Gasteiger partial charge < -0.3 is 16.2 Å². The summed E-state index contributed by atoms with van der Waals surface area (Å²) in [6, 6.07) is 1.10. The molecule has 1 aromatic rings. The molecular weight excluding hydrogens is 227 g/mol. The average Bonchev–Trinajstić information content (AvgIpc) is 2.14. The number of nitrogens with two attached hydrogens (primary N) is 2. The van der Waals surface area contributed by atoms with Crippen LogP contribution in [-0.4, -0.2) is 23.7 Å². The fourth-order valence-electron chi connectivity index (χ4n) is 0.910. The number of aromatic nitrogens is 1. The third kappa shape index (κ3) is 3.30. The molecule has 0 aliphatic heterocycles. The lowest BCUT2D eigenvalue weighted by atomic mass is 10.2. The van der Waals surface area contributed by atoms with Gasteiger partial charge in [-0.3, -0.25) is 4.79 Å². The Bertz CT molecular complexity index is 406. The van der Waals surface area contributed by atoms with Crippen molar-refractivity contribution >= 4 is 11.6 Å². The van der Waals surface area contributed by atoms with Crippen molar-refractivity contribution in [2.45, 2.75) is 6.18 Å². The lowest BCUT2D eigenvalue weighted by molar-refractivity contribution is -0.154. The Balaban J connectivity index is 2.91. The van der Waals surface area contributed by atoms with Crippen molar-refractivity contribution in [2.24, 2.45) is 5.73 Å². The van der Waals surface area contributed by atoms with Gasteiger partial charge in [-0.25, -0.2) is 4.98 Å². The van der Waals surface area contributed by atoms with E-state index in [4.69, 9.17) is 11.5 Å². The Hall–Kier alpha value is -1.99. The largest absolute Gasteiger partial charge is 0.467 e. The second kappa shape index (κ2) is 4.25. The second-order valence-corrected chi connectivity index (χ2v) is 2.89. The van der Waals surface area contributed by atoms with Gasteiger partial charge in [-0.15, -0.1) is 0 Å². The van der Waals surface area contributed by atoms with Crippen molar-refractivity contribution in [3.8, 4) is 5.88 Å². The van der Waals surface area contributed by atoms with Crippen molar-refractivity contribution < 1.29 is 22.7 Å². The number of alkyl halides is 3. The molecule has 0 bridgehead atoms. The van der Waals surface area contributed by atoms with Gasteiger partial charge in [0.25, 0.3) is 5.91 Å². The predicted molar refractivity (Wildman–Crippen MR) is 48.7 cm³/mol. The Morgan fingerprint density at radius 1 is 1.50 bits per heavy atom. The molecule has 0 radical (unpaired) electrons. The number of hydrogen-bond donors (Lipinski definition) is 2. The molecule has 1 heterocycles. The normalized spacial score (nSPS) is 11.2. The number of rotatable bonds is 3. The number of carbonyl (C=O) groups excluding carboxylic acids is 1. The molecule has 5 nitrogen and oxygen atoms in total. The molecule has 0 fully saturated rings. The third-order valence-electron chi connectivity index (χ3n) is 1.51. The highest BCUT2D eigenvalue weighted by Crippen LogP contribution is 2.21. The van der Waals surface area contributed by atoms with E-state index < -0.39 is 24.6 Å². The van der Waals surface area contributed by atoms with Crippen LogP contribution in [0, 0.1) is 0 Å². The highest BCUT2D eigenvalue weighted by Gasteiger charge is 2.29. The molecule has 1 aromatic heterocycles. The summed E-state index contributed by atoms with van der Waals surface area (Å²) in [6.45, 7) is -1.55. The molecule has 8 heteroatoms. The monoisotopic (exact) mass is 235 g/mol. The predicted octanol–water partition coefficient (Wildman–Crippen LogP) is 0.704. The summed E-state index contributed by atoms with van der Waals surface area (Å²) in [4.78, 5) is 14.3. The van der Waals surface area contributed by atoms with Gasteiger partial charge in [0.1, 0.15) is 5.56 Å². The van der Waals surface area contributed by atoms with Crippen molar-refractivity contribution in [2.75, 3.05) is 12.3 Å². The molecule has 0 atom stereocenters. The van der Waals surface area contributed by atoms with Gasteiger partial charge in [0, 0.05) is 0 Å². The quantitative estimate of drug-likeness (QED) is 0.806. The van der Waals surface area contributed by atoms with E-state index in [1.165, 1.54) is 0 Å². The van der Waals surface area contributed by atoms with Crippen LogP contribution in [-0.2, 0) is 0 Å². The molecule has 16 heavy (non-hydrogen) atoms. The van der Waals surface area contributed by atoms with Crippen LogP contribution in [0.2, 0.25) is 0 Å². The van der Waals surface area contributed by atoms with Gasteiger partial charge in [0.2, 0.25) is 5.88 Å². The van der Waals surface area contributed by atoms with Gasteiger partial charge in [-0.1, -0.05) is 0 Å². The van der Waals surface area contributed by atoms with Gasteiger partial charge in [0.05, 0.1) is 11.9 Å². The van der Waals surface area contributed by atoms with Crippen LogP contribution in [0.4, 0.5) is 18.9 Å². The maximum Gasteiger partial charge on any atom is 0.422 e. The molecule has 0 saturated heterocycles. The van der Waals surface area contributed by atoms with E-state index in [0.717, 1.165) is 12.3 Å². The van der Waals surface area contributed by atoms with Crippen molar-refractivity contribution in [3.63, 3.8) is 0 Å². The number of ether oxygens (including phenoxy) is 1. The van der Waals surface area contributed by atoms with E-state index in [9.17, 15) is 18.0 Å². The zero-order valence-corrected chi connectivity index (χ0v) is 7.91. The molecule has 0 unspecified atom stereocenters. The van der Waals surface area contributed by atoms with Crippen molar-refractivity contribution in [1.29, 1.82) is 0 Å². The Morgan fingerprint density at radius 3 is 2.62 bits per heavy atom. The van der Waals surface area contributed by atoms with Crippen LogP contribution >= 0.6 is 0 Å². The minimum Gasteiger partial charge on any atom is -0.467 e. The zero-order valence-electron chi connectivity index (χ0n) is 7.91. The highest BCUT2D eigenvalue weighted by atomic mass is 19.4. The highest BCUT2D eigenvalue weighted by molar-refractivity contribution is 5.95. The summed E-state index contributed by atoms with van der Waals surface area (Å²) in [6.07, 6.45) is -3.45. The summed E-state index contributed by atoms with van der Waals surface area (Å²) in [5.74, 6) is -1.45. The SMILES string of the molecule is NC(=O)c1cc(N)cnc1OCC(F)(F)F. The molecule has 4 N–H and O–H groups in total. The van der Waals surface area contributed by atoms with Gasteiger partial charge in [-0.2, -0.15) is 13.2 Å². The fourth-order valence-corrected chi connectivity index (χ4v) is 0.910. The first kappa shape index (κ1) is 12.1. The number of nitrogen functional groups attached to an aromatic ring is 1. The van der Waals surface area contributed by atoms with Gasteiger partial charge in [0.15, 0.2) is 6.61 Å². The molecule has 0 aromatic carbocycles. The molecule has 0 spiro atoms. The number of nitrogens with zero attached hydrogens (tertiary/aromatic N) is 1. The number of halogens is 3. The minimum atomic E-state index is -4.52. The van der Waals surface area contributed by atoms with Crippen molar-refractivity contribution in [1.82, 2.24) is 4.98 Å². The van der Waals surface area contributed by atoms with E-state index in [1.54, 1.807) is 0 Å². The Labute approximate surface area is 88.2 Å². The maximum absolute atomic E-state index is 11.9. The van der Waals surface area contributed by atoms with E-state index in [2.05, 4.69) is 9.72 Å². The summed E-state index contributed by atoms with van der Waals surface area (Å²) in [7, 11) is 0. The number of amides is 1. The Morgan fingerprint density at radius 2 is 2.12 bits per heavy atom. The standard InChI is InChI=1S/C8H8F3N3O2/c9-8(10,11)3-16-7-5(6(13)15)1-4(12)2-14-7/h1-2H,3,12H2,(H2,13,15). The summed E-state index contributed by atoms with van der Waals surface area (Å²) in [5.41, 5.74) is 10.0. The van der Waals surface area contributed by atoms with E-state index in [-0.39, 0.29) is 11.3 Å². The lowest BCUT2D eigenvalue weighted by Gasteiger charge is -2.10.